The third kappa shape index (κ3) is 3.96. The van der Waals surface area contributed by atoms with Gasteiger partial charge in [-0.25, -0.2) is 4.98 Å². The van der Waals surface area contributed by atoms with Crippen LogP contribution in [0.1, 0.15) is 55.6 Å². The number of nitrogens with two attached hydrogens (primary N) is 3. The van der Waals surface area contributed by atoms with Crippen LogP contribution in [0, 0.1) is 11.3 Å². The summed E-state index contributed by atoms with van der Waals surface area (Å²) in [6.07, 6.45) is 6.29. The minimum Gasteiger partial charge on any atom is -0.383 e. The average Bonchev–Trinajstić information content (AvgIpc) is 3.11. The molecule has 0 spiro atoms. The fourth-order valence-corrected chi connectivity index (χ4v) is 4.98. The highest BCUT2D eigenvalue weighted by Gasteiger charge is 2.47. The molecule has 1 saturated heterocycles. The summed E-state index contributed by atoms with van der Waals surface area (Å²) in [5.74, 6) is 0.355. The van der Waals surface area contributed by atoms with Crippen molar-refractivity contribution in [1.82, 2.24) is 9.97 Å². The minimum absolute atomic E-state index is 0.0420. The van der Waals surface area contributed by atoms with Gasteiger partial charge < -0.3 is 22.1 Å². The molecule has 9 heteroatoms. The summed E-state index contributed by atoms with van der Waals surface area (Å²) in [5, 5.41) is 0.616. The molecule has 0 unspecified atom stereocenters. The van der Waals surface area contributed by atoms with Crippen molar-refractivity contribution in [2.45, 2.75) is 39.5 Å². The molecule has 1 aromatic heterocycles. The van der Waals surface area contributed by atoms with Crippen molar-refractivity contribution in [2.24, 2.45) is 22.8 Å². The van der Waals surface area contributed by atoms with E-state index in [2.05, 4.69) is 14.9 Å². The van der Waals surface area contributed by atoms with E-state index in [9.17, 15) is 4.79 Å². The lowest BCUT2D eigenvalue weighted by Crippen LogP contribution is -2.40. The SMILES string of the molecule is C/C=C(Cl)\C(Cl)=C(/C)c1c(N)nc(N2C[C@@H]3CCCC[C@]3(CN)C2)nc1C(N)=O. The van der Waals surface area contributed by atoms with Crippen molar-refractivity contribution in [3.63, 3.8) is 0 Å². The zero-order valence-corrected chi connectivity index (χ0v) is 18.4. The van der Waals surface area contributed by atoms with Crippen molar-refractivity contribution in [3.05, 3.63) is 27.4 Å². The van der Waals surface area contributed by atoms with Gasteiger partial charge >= 0.3 is 0 Å². The zero-order chi connectivity index (χ0) is 21.3. The highest BCUT2D eigenvalue weighted by atomic mass is 35.5. The third-order valence-electron chi connectivity index (χ3n) is 6.31. The molecule has 0 aromatic carbocycles. The molecule has 1 amide bonds. The van der Waals surface area contributed by atoms with E-state index in [0.717, 1.165) is 25.9 Å². The van der Waals surface area contributed by atoms with Crippen molar-refractivity contribution < 1.29 is 4.79 Å². The molecule has 0 bridgehead atoms. The topological polar surface area (TPSA) is 124 Å². The first kappa shape index (κ1) is 21.9. The minimum atomic E-state index is -0.694. The molecule has 2 atom stereocenters. The Labute approximate surface area is 181 Å². The Balaban J connectivity index is 2.05. The molecule has 158 valence electrons. The molecule has 1 saturated carbocycles. The van der Waals surface area contributed by atoms with Gasteiger partial charge in [-0.1, -0.05) is 42.1 Å². The first-order chi connectivity index (χ1) is 13.7. The second-order valence-corrected chi connectivity index (χ2v) is 8.75. The van der Waals surface area contributed by atoms with Gasteiger partial charge in [-0.05, 0) is 44.7 Å². The summed E-state index contributed by atoms with van der Waals surface area (Å²) in [5.41, 5.74) is 19.0. The molecule has 2 fully saturated rings. The Morgan fingerprint density at radius 2 is 2.07 bits per heavy atom. The summed E-state index contributed by atoms with van der Waals surface area (Å²) in [6, 6.07) is 0. The Hall–Kier alpha value is -1.83. The number of rotatable bonds is 5. The number of fused-ring (bicyclic) bond motifs is 1. The number of aromatic nitrogens is 2. The molecule has 2 aliphatic rings. The van der Waals surface area contributed by atoms with E-state index in [4.69, 9.17) is 40.4 Å². The number of hydrogen-bond acceptors (Lipinski definition) is 6. The smallest absolute Gasteiger partial charge is 0.268 e. The van der Waals surface area contributed by atoms with Gasteiger partial charge in [-0.3, -0.25) is 4.79 Å². The van der Waals surface area contributed by atoms with Crippen LogP contribution >= 0.6 is 23.2 Å². The zero-order valence-electron chi connectivity index (χ0n) is 16.8. The normalized spacial score (nSPS) is 25.6. The maximum absolute atomic E-state index is 12.2. The maximum atomic E-state index is 12.2. The van der Waals surface area contributed by atoms with Gasteiger partial charge in [0, 0.05) is 18.5 Å². The van der Waals surface area contributed by atoms with Crippen LogP contribution in [-0.4, -0.2) is 35.5 Å². The Kier molecular flexibility index (Phi) is 6.41. The second kappa shape index (κ2) is 8.50. The van der Waals surface area contributed by atoms with Crippen LogP contribution in [0.15, 0.2) is 16.1 Å². The molecular weight excluding hydrogens is 411 g/mol. The Morgan fingerprint density at radius 3 is 2.66 bits per heavy atom. The van der Waals surface area contributed by atoms with Gasteiger partial charge in [0.2, 0.25) is 5.95 Å². The third-order valence-corrected chi connectivity index (χ3v) is 7.30. The number of nitrogen functional groups attached to an aromatic ring is 1. The first-order valence-electron chi connectivity index (χ1n) is 9.85. The first-order valence-corrected chi connectivity index (χ1v) is 10.6. The van der Waals surface area contributed by atoms with Gasteiger partial charge in [0.1, 0.15) is 11.5 Å². The standard InChI is InChI=1S/C20H28Cl2N6O/c1-3-13(21)15(22)11(2)14-16(18(25)29)26-19(27-17(14)24)28-8-12-6-4-5-7-20(12,9-23)10-28/h3,12H,4-10,23H2,1-2H3,(H2,25,29)(H2,24,26,27)/b13-3+,15-11-/t12-,20-/m0/s1. The summed E-state index contributed by atoms with van der Waals surface area (Å²) in [7, 11) is 0. The summed E-state index contributed by atoms with van der Waals surface area (Å²) < 4.78 is 0. The quantitative estimate of drug-likeness (QED) is 0.605. The summed E-state index contributed by atoms with van der Waals surface area (Å²) in [6.45, 7) is 5.66. The molecular formula is C20H28Cl2N6O. The van der Waals surface area contributed by atoms with Crippen molar-refractivity contribution in [2.75, 3.05) is 30.3 Å². The number of allylic oxidation sites excluding steroid dienone is 4. The van der Waals surface area contributed by atoms with E-state index in [1.54, 1.807) is 19.9 Å². The largest absolute Gasteiger partial charge is 0.383 e. The molecule has 1 aliphatic heterocycles. The fraction of sp³-hybridized carbons (Fsp3) is 0.550. The van der Waals surface area contributed by atoms with Crippen LogP contribution in [0.3, 0.4) is 0 Å². The lowest BCUT2D eigenvalue weighted by Gasteiger charge is -2.37. The van der Waals surface area contributed by atoms with Crippen LogP contribution < -0.4 is 22.1 Å². The van der Waals surface area contributed by atoms with E-state index in [1.807, 2.05) is 0 Å². The van der Waals surface area contributed by atoms with E-state index >= 15 is 0 Å². The molecule has 29 heavy (non-hydrogen) atoms. The van der Waals surface area contributed by atoms with Crippen molar-refractivity contribution >= 4 is 46.4 Å². The predicted octanol–water partition coefficient (Wildman–Crippen LogP) is 3.23. The van der Waals surface area contributed by atoms with Crippen molar-refractivity contribution in [1.29, 1.82) is 0 Å². The number of halogens is 2. The van der Waals surface area contributed by atoms with Crippen LogP contribution in [0.2, 0.25) is 0 Å². The van der Waals surface area contributed by atoms with E-state index < -0.39 is 5.91 Å². The molecule has 7 nitrogen and oxygen atoms in total. The molecule has 3 rings (SSSR count). The molecule has 1 aliphatic carbocycles. The second-order valence-electron chi connectivity index (χ2n) is 7.96. The lowest BCUT2D eigenvalue weighted by molar-refractivity contribution is 0.0995. The summed E-state index contributed by atoms with van der Waals surface area (Å²) in [4.78, 5) is 23.3. The predicted molar refractivity (Wildman–Crippen MR) is 119 cm³/mol. The lowest BCUT2D eigenvalue weighted by atomic mass is 9.68. The number of primary amides is 1. The van der Waals surface area contributed by atoms with Crippen molar-refractivity contribution in [3.8, 4) is 0 Å². The number of hydrogen-bond donors (Lipinski definition) is 3. The number of nitrogens with zero attached hydrogens (tertiary/aromatic N) is 3. The van der Waals surface area contributed by atoms with Crippen LogP contribution in [0.4, 0.5) is 11.8 Å². The van der Waals surface area contributed by atoms with E-state index in [-0.39, 0.29) is 22.0 Å². The maximum Gasteiger partial charge on any atom is 0.268 e. The number of anilines is 2. The van der Waals surface area contributed by atoms with Gasteiger partial charge in [0.15, 0.2) is 0 Å². The highest BCUT2D eigenvalue weighted by Crippen LogP contribution is 2.47. The average molecular weight is 439 g/mol. The van der Waals surface area contributed by atoms with Gasteiger partial charge in [0.25, 0.3) is 5.91 Å². The number of amides is 1. The van der Waals surface area contributed by atoms with Gasteiger partial charge in [-0.2, -0.15) is 4.98 Å². The Bertz CT molecular complexity index is 884. The van der Waals surface area contributed by atoms with Crippen LogP contribution in [0.5, 0.6) is 0 Å². The molecule has 2 heterocycles. The van der Waals surface area contributed by atoms with E-state index in [1.165, 1.54) is 12.8 Å². The monoisotopic (exact) mass is 438 g/mol. The molecule has 6 N–H and O–H groups in total. The fourth-order valence-electron chi connectivity index (χ4n) is 4.64. The van der Waals surface area contributed by atoms with Crippen LogP contribution in [0.25, 0.3) is 5.57 Å². The highest BCUT2D eigenvalue weighted by molar-refractivity contribution is 6.46. The number of carbonyl (C=O) groups is 1. The number of carbonyl (C=O) groups excluding carboxylic acids is 1. The Morgan fingerprint density at radius 1 is 1.34 bits per heavy atom. The molecule has 0 radical (unpaired) electrons. The molecule has 1 aromatic rings. The summed E-state index contributed by atoms with van der Waals surface area (Å²) >= 11 is 12.5. The van der Waals surface area contributed by atoms with Crippen LogP contribution in [-0.2, 0) is 0 Å². The van der Waals surface area contributed by atoms with Gasteiger partial charge in [0.05, 0.1) is 15.6 Å². The van der Waals surface area contributed by atoms with E-state index in [0.29, 0.717) is 34.6 Å². The van der Waals surface area contributed by atoms with Gasteiger partial charge in [-0.15, -0.1) is 0 Å².